The molecule has 3 aromatic carbocycles. The van der Waals surface area contributed by atoms with Gasteiger partial charge in [0.2, 0.25) is 0 Å². The van der Waals surface area contributed by atoms with Crippen LogP contribution in [0.4, 0.5) is 0 Å². The molecule has 1 atom stereocenters. The second-order valence-electron chi connectivity index (χ2n) is 6.95. The Morgan fingerprint density at radius 1 is 0.846 bits per heavy atom. The zero-order valence-corrected chi connectivity index (χ0v) is 14.3. The summed E-state index contributed by atoms with van der Waals surface area (Å²) < 4.78 is 1.83. The predicted octanol–water partition coefficient (Wildman–Crippen LogP) is 4.07. The summed E-state index contributed by atoms with van der Waals surface area (Å²) in [4.78, 5) is 0. The van der Waals surface area contributed by atoms with Crippen LogP contribution in [0.25, 0.3) is 16.7 Å². The lowest BCUT2D eigenvalue weighted by molar-refractivity contribution is 0.0565. The first kappa shape index (κ1) is 15.3. The number of nitrogens with zero attached hydrogens (tertiary/aromatic N) is 3. The van der Waals surface area contributed by atoms with E-state index in [1.807, 2.05) is 83.5 Å². The molecule has 1 aromatic heterocycles. The van der Waals surface area contributed by atoms with Gasteiger partial charge < -0.3 is 5.11 Å². The number of aromatic nitrogens is 3. The van der Waals surface area contributed by atoms with Crippen LogP contribution in [0.15, 0.2) is 78.9 Å². The van der Waals surface area contributed by atoms with Crippen molar-refractivity contribution in [2.45, 2.75) is 18.4 Å². The standard InChI is InChI=1S/C22H19N3O/c26-22(17-11-12-17,16-7-3-1-4-8-16)18-13-14-21-20(15-18)23-24-25(21)19-9-5-2-6-10-19/h1-10,13-15,17,26H,11-12H2. The van der Waals surface area contributed by atoms with Crippen LogP contribution >= 0.6 is 0 Å². The fourth-order valence-corrected chi connectivity index (χ4v) is 3.75. The molecule has 4 aromatic rings. The highest BCUT2D eigenvalue weighted by atomic mass is 16.3. The van der Waals surface area contributed by atoms with Crippen molar-refractivity contribution < 1.29 is 5.11 Å². The van der Waals surface area contributed by atoms with Crippen molar-refractivity contribution in [2.75, 3.05) is 0 Å². The number of para-hydroxylation sites is 1. The average Bonchev–Trinajstić information content (AvgIpc) is 3.48. The van der Waals surface area contributed by atoms with E-state index >= 15 is 0 Å². The maximum Gasteiger partial charge on any atom is 0.117 e. The molecule has 4 heteroatoms. The van der Waals surface area contributed by atoms with E-state index in [4.69, 9.17) is 0 Å². The third-order valence-electron chi connectivity index (χ3n) is 5.27. The molecule has 1 fully saturated rings. The monoisotopic (exact) mass is 341 g/mol. The van der Waals surface area contributed by atoms with Gasteiger partial charge in [-0.05, 0) is 54.2 Å². The predicted molar refractivity (Wildman–Crippen MR) is 101 cm³/mol. The quantitative estimate of drug-likeness (QED) is 0.609. The average molecular weight is 341 g/mol. The van der Waals surface area contributed by atoms with Gasteiger partial charge in [-0.1, -0.05) is 59.8 Å². The van der Waals surface area contributed by atoms with Gasteiger partial charge in [-0.2, -0.15) is 0 Å². The van der Waals surface area contributed by atoms with Crippen LogP contribution < -0.4 is 0 Å². The number of fused-ring (bicyclic) bond motifs is 1. The van der Waals surface area contributed by atoms with E-state index in [2.05, 4.69) is 10.3 Å². The fourth-order valence-electron chi connectivity index (χ4n) is 3.75. The Hall–Kier alpha value is -2.98. The summed E-state index contributed by atoms with van der Waals surface area (Å²) in [5.41, 5.74) is 3.57. The van der Waals surface area contributed by atoms with Crippen molar-refractivity contribution >= 4 is 11.0 Å². The van der Waals surface area contributed by atoms with Gasteiger partial charge in [0.1, 0.15) is 11.1 Å². The van der Waals surface area contributed by atoms with E-state index in [0.29, 0.717) is 0 Å². The number of hydrogen-bond donors (Lipinski definition) is 1. The number of benzene rings is 3. The first-order chi connectivity index (χ1) is 12.8. The van der Waals surface area contributed by atoms with Gasteiger partial charge in [0.25, 0.3) is 0 Å². The Morgan fingerprint density at radius 3 is 2.23 bits per heavy atom. The fraction of sp³-hybridized carbons (Fsp3) is 0.182. The van der Waals surface area contributed by atoms with Gasteiger partial charge in [-0.25, -0.2) is 4.68 Å². The summed E-state index contributed by atoms with van der Waals surface area (Å²) >= 11 is 0. The van der Waals surface area contributed by atoms with Crippen LogP contribution in [0.5, 0.6) is 0 Å². The van der Waals surface area contributed by atoms with Crippen LogP contribution in [0.2, 0.25) is 0 Å². The highest BCUT2D eigenvalue weighted by Gasteiger charge is 2.46. The topological polar surface area (TPSA) is 50.9 Å². The summed E-state index contributed by atoms with van der Waals surface area (Å²) in [5, 5.41) is 20.3. The van der Waals surface area contributed by atoms with Crippen molar-refractivity contribution in [1.29, 1.82) is 0 Å². The molecule has 1 aliphatic rings. The first-order valence-electron chi connectivity index (χ1n) is 8.96. The lowest BCUT2D eigenvalue weighted by Gasteiger charge is -2.29. The Labute approximate surface area is 151 Å². The largest absolute Gasteiger partial charge is 0.380 e. The lowest BCUT2D eigenvalue weighted by Crippen LogP contribution is -2.29. The van der Waals surface area contributed by atoms with E-state index in [9.17, 15) is 5.11 Å². The second-order valence-corrected chi connectivity index (χ2v) is 6.95. The summed E-state index contributed by atoms with van der Waals surface area (Å²) in [7, 11) is 0. The maximum absolute atomic E-state index is 11.6. The third kappa shape index (κ3) is 2.34. The van der Waals surface area contributed by atoms with Crippen molar-refractivity contribution in [2.24, 2.45) is 5.92 Å². The molecule has 1 aliphatic carbocycles. The van der Waals surface area contributed by atoms with E-state index in [1.54, 1.807) is 0 Å². The van der Waals surface area contributed by atoms with Gasteiger partial charge in [-0.3, -0.25) is 0 Å². The molecule has 0 radical (unpaired) electrons. The SMILES string of the molecule is OC(c1ccccc1)(c1ccc2c(c1)nnn2-c1ccccc1)C1CC1. The van der Waals surface area contributed by atoms with Crippen LogP contribution in [0, 0.1) is 5.92 Å². The number of rotatable bonds is 4. The van der Waals surface area contributed by atoms with E-state index in [0.717, 1.165) is 40.7 Å². The summed E-state index contributed by atoms with van der Waals surface area (Å²) in [6, 6.07) is 25.9. The molecule has 26 heavy (non-hydrogen) atoms. The highest BCUT2D eigenvalue weighted by Crippen LogP contribution is 2.49. The maximum atomic E-state index is 11.6. The molecule has 0 amide bonds. The molecule has 1 N–H and O–H groups in total. The Morgan fingerprint density at radius 2 is 1.54 bits per heavy atom. The third-order valence-corrected chi connectivity index (χ3v) is 5.27. The second kappa shape index (κ2) is 5.78. The number of hydrogen-bond acceptors (Lipinski definition) is 3. The van der Waals surface area contributed by atoms with Crippen molar-refractivity contribution in [3.8, 4) is 5.69 Å². The van der Waals surface area contributed by atoms with Crippen LogP contribution in [0.3, 0.4) is 0 Å². The van der Waals surface area contributed by atoms with Crippen molar-refractivity contribution in [3.63, 3.8) is 0 Å². The lowest BCUT2D eigenvalue weighted by atomic mass is 9.82. The molecule has 128 valence electrons. The molecule has 4 nitrogen and oxygen atoms in total. The van der Waals surface area contributed by atoms with Gasteiger partial charge in [0.05, 0.1) is 11.2 Å². The summed E-state index contributed by atoms with van der Waals surface area (Å²) in [5.74, 6) is 0.256. The summed E-state index contributed by atoms with van der Waals surface area (Å²) in [6.45, 7) is 0. The normalized spacial score (nSPS) is 16.5. The minimum atomic E-state index is -0.966. The smallest absolute Gasteiger partial charge is 0.117 e. The molecular formula is C22H19N3O. The molecule has 0 aliphatic heterocycles. The molecule has 1 heterocycles. The minimum Gasteiger partial charge on any atom is -0.380 e. The Balaban J connectivity index is 1.64. The summed E-state index contributed by atoms with van der Waals surface area (Å²) in [6.07, 6.45) is 2.08. The molecule has 1 unspecified atom stereocenters. The number of aliphatic hydroxyl groups is 1. The van der Waals surface area contributed by atoms with Crippen LogP contribution in [0.1, 0.15) is 24.0 Å². The van der Waals surface area contributed by atoms with Crippen LogP contribution in [-0.2, 0) is 5.60 Å². The molecule has 1 saturated carbocycles. The van der Waals surface area contributed by atoms with Gasteiger partial charge >= 0.3 is 0 Å². The van der Waals surface area contributed by atoms with Gasteiger partial charge in [0.15, 0.2) is 0 Å². The van der Waals surface area contributed by atoms with E-state index in [-0.39, 0.29) is 5.92 Å². The van der Waals surface area contributed by atoms with Crippen LogP contribution in [-0.4, -0.2) is 20.1 Å². The molecular weight excluding hydrogens is 322 g/mol. The van der Waals surface area contributed by atoms with Crippen molar-refractivity contribution in [1.82, 2.24) is 15.0 Å². The van der Waals surface area contributed by atoms with E-state index < -0.39 is 5.60 Å². The Bertz CT molecular complexity index is 1050. The van der Waals surface area contributed by atoms with Gasteiger partial charge in [-0.15, -0.1) is 5.10 Å². The van der Waals surface area contributed by atoms with Gasteiger partial charge in [0, 0.05) is 0 Å². The first-order valence-corrected chi connectivity index (χ1v) is 8.96. The minimum absolute atomic E-state index is 0.256. The molecule has 0 saturated heterocycles. The zero-order chi connectivity index (χ0) is 17.6. The Kier molecular flexibility index (Phi) is 3.40. The zero-order valence-electron chi connectivity index (χ0n) is 14.3. The molecule has 5 rings (SSSR count). The molecule has 0 spiro atoms. The molecule has 0 bridgehead atoms. The highest BCUT2D eigenvalue weighted by molar-refractivity contribution is 5.77. The van der Waals surface area contributed by atoms with E-state index in [1.165, 1.54) is 0 Å². The van der Waals surface area contributed by atoms with Crippen molar-refractivity contribution in [3.05, 3.63) is 90.0 Å².